The monoisotopic (exact) mass is 402 g/mol. The van der Waals surface area contributed by atoms with Crippen molar-refractivity contribution < 1.29 is 22.8 Å². The summed E-state index contributed by atoms with van der Waals surface area (Å²) in [5.74, 6) is -0.583. The number of alkyl halides is 3. The molecule has 3 aromatic rings. The third-order valence-corrected chi connectivity index (χ3v) is 4.16. The van der Waals surface area contributed by atoms with Crippen LogP contribution in [0.15, 0.2) is 53.8 Å². The molecule has 9 heteroatoms. The summed E-state index contributed by atoms with van der Waals surface area (Å²) in [5, 5.41) is 7.95. The average molecular weight is 402 g/mol. The highest BCUT2D eigenvalue weighted by atomic mass is 19.4. The topological polar surface area (TPSA) is 69.4 Å². The molecule has 2 aromatic heterocycles. The molecule has 150 valence electrons. The standard InChI is InChI=1S/C20H17F3N4O2/c1-12-9-16(20(21,22)23)10-18(25-12)27-14(3)17(11-24-27)13(2)26-29-19(28)15-7-5-4-6-8-15/h4-11H,1-3H3/b26-13+. The smallest absolute Gasteiger partial charge is 0.313 e. The van der Waals surface area contributed by atoms with Crippen LogP contribution in [0.1, 0.15) is 39.8 Å². The molecule has 0 aliphatic rings. The molecular formula is C20H17F3N4O2. The number of benzene rings is 1. The second-order valence-electron chi connectivity index (χ2n) is 6.33. The molecule has 0 unspecified atom stereocenters. The van der Waals surface area contributed by atoms with E-state index in [2.05, 4.69) is 15.2 Å². The predicted molar refractivity (Wildman–Crippen MR) is 99.9 cm³/mol. The fourth-order valence-corrected chi connectivity index (χ4v) is 2.71. The van der Waals surface area contributed by atoms with Crippen LogP contribution in [-0.2, 0) is 11.0 Å². The molecule has 0 aliphatic carbocycles. The summed E-state index contributed by atoms with van der Waals surface area (Å²) < 4.78 is 40.6. The van der Waals surface area contributed by atoms with E-state index in [0.717, 1.165) is 12.1 Å². The Labute approximate surface area is 164 Å². The molecule has 0 N–H and O–H groups in total. The molecule has 2 heterocycles. The number of hydrogen-bond acceptors (Lipinski definition) is 5. The minimum atomic E-state index is -4.49. The lowest BCUT2D eigenvalue weighted by atomic mass is 10.2. The molecule has 0 aliphatic heterocycles. The van der Waals surface area contributed by atoms with Crippen LogP contribution in [0.4, 0.5) is 13.2 Å². The number of carbonyl (C=O) groups is 1. The largest absolute Gasteiger partial charge is 0.416 e. The molecule has 0 amide bonds. The summed E-state index contributed by atoms with van der Waals surface area (Å²) in [6.45, 7) is 4.75. The third-order valence-electron chi connectivity index (χ3n) is 4.16. The van der Waals surface area contributed by atoms with Gasteiger partial charge < -0.3 is 4.84 Å². The highest BCUT2D eigenvalue weighted by Crippen LogP contribution is 2.30. The third kappa shape index (κ3) is 4.50. The van der Waals surface area contributed by atoms with Crippen molar-refractivity contribution in [3.05, 3.63) is 76.7 Å². The quantitative estimate of drug-likeness (QED) is 0.366. The maximum atomic E-state index is 13.1. The number of hydrogen-bond donors (Lipinski definition) is 0. The summed E-state index contributed by atoms with van der Waals surface area (Å²) >= 11 is 0. The van der Waals surface area contributed by atoms with Gasteiger partial charge in [0.15, 0.2) is 5.82 Å². The molecule has 0 radical (unpaired) electrons. The lowest BCUT2D eigenvalue weighted by molar-refractivity contribution is -0.137. The lowest BCUT2D eigenvalue weighted by Gasteiger charge is -2.11. The summed E-state index contributed by atoms with van der Waals surface area (Å²) in [6.07, 6.45) is -3.06. The zero-order valence-electron chi connectivity index (χ0n) is 15.9. The number of oxime groups is 1. The van der Waals surface area contributed by atoms with Gasteiger partial charge in [-0.1, -0.05) is 23.4 Å². The summed E-state index contributed by atoms with van der Waals surface area (Å²) in [6, 6.07) is 10.3. The summed E-state index contributed by atoms with van der Waals surface area (Å²) in [4.78, 5) is 21.1. The molecule has 0 atom stereocenters. The van der Waals surface area contributed by atoms with E-state index in [9.17, 15) is 18.0 Å². The maximum Gasteiger partial charge on any atom is 0.416 e. The van der Waals surface area contributed by atoms with Gasteiger partial charge in [-0.15, -0.1) is 0 Å². The highest BCUT2D eigenvalue weighted by molar-refractivity contribution is 6.00. The van der Waals surface area contributed by atoms with Crippen molar-refractivity contribution in [1.29, 1.82) is 0 Å². The Morgan fingerprint density at radius 1 is 1.14 bits per heavy atom. The zero-order valence-corrected chi connectivity index (χ0v) is 15.9. The fraction of sp³-hybridized carbons (Fsp3) is 0.200. The Hall–Kier alpha value is -3.49. The number of pyridine rings is 1. The normalized spacial score (nSPS) is 12.1. The van der Waals surface area contributed by atoms with Crippen LogP contribution in [0.5, 0.6) is 0 Å². The molecule has 29 heavy (non-hydrogen) atoms. The minimum absolute atomic E-state index is 0.0372. The number of aromatic nitrogens is 3. The Morgan fingerprint density at radius 2 is 1.83 bits per heavy atom. The van der Waals surface area contributed by atoms with E-state index in [-0.39, 0.29) is 11.5 Å². The van der Waals surface area contributed by atoms with E-state index < -0.39 is 17.7 Å². The van der Waals surface area contributed by atoms with Gasteiger partial charge in [0.05, 0.1) is 28.7 Å². The molecule has 0 saturated carbocycles. The molecule has 1 aromatic carbocycles. The van der Waals surface area contributed by atoms with Crippen molar-refractivity contribution in [3.63, 3.8) is 0 Å². The van der Waals surface area contributed by atoms with Crippen molar-refractivity contribution >= 4 is 11.7 Å². The van der Waals surface area contributed by atoms with Crippen LogP contribution < -0.4 is 0 Å². The van der Waals surface area contributed by atoms with Gasteiger partial charge in [0.2, 0.25) is 0 Å². The van der Waals surface area contributed by atoms with E-state index in [4.69, 9.17) is 4.84 Å². The van der Waals surface area contributed by atoms with Gasteiger partial charge in [-0.25, -0.2) is 14.5 Å². The first-order valence-corrected chi connectivity index (χ1v) is 8.59. The summed E-state index contributed by atoms with van der Waals surface area (Å²) in [5.41, 5.74) is 1.13. The van der Waals surface area contributed by atoms with Gasteiger partial charge in [0, 0.05) is 11.3 Å². The first-order chi connectivity index (χ1) is 13.7. The van der Waals surface area contributed by atoms with Crippen molar-refractivity contribution in [2.24, 2.45) is 5.16 Å². The van der Waals surface area contributed by atoms with Crippen LogP contribution in [0.3, 0.4) is 0 Å². The van der Waals surface area contributed by atoms with E-state index in [0.29, 0.717) is 22.5 Å². The van der Waals surface area contributed by atoms with Gasteiger partial charge in [-0.05, 0) is 45.0 Å². The average Bonchev–Trinajstić information content (AvgIpc) is 3.07. The highest BCUT2D eigenvalue weighted by Gasteiger charge is 2.31. The zero-order chi connectivity index (χ0) is 21.2. The van der Waals surface area contributed by atoms with Crippen LogP contribution in [0.2, 0.25) is 0 Å². The van der Waals surface area contributed by atoms with Crippen LogP contribution in [0, 0.1) is 13.8 Å². The number of halogens is 3. The predicted octanol–water partition coefficient (Wildman–Crippen LogP) is 4.48. The summed E-state index contributed by atoms with van der Waals surface area (Å²) in [7, 11) is 0. The minimum Gasteiger partial charge on any atom is -0.313 e. The number of aryl methyl sites for hydroxylation is 1. The van der Waals surface area contributed by atoms with Crippen molar-refractivity contribution in [2.45, 2.75) is 26.9 Å². The van der Waals surface area contributed by atoms with Crippen LogP contribution in [0.25, 0.3) is 5.82 Å². The lowest BCUT2D eigenvalue weighted by Crippen LogP contribution is -2.10. The second-order valence-corrected chi connectivity index (χ2v) is 6.33. The van der Waals surface area contributed by atoms with Crippen molar-refractivity contribution in [2.75, 3.05) is 0 Å². The first-order valence-electron chi connectivity index (χ1n) is 8.59. The Kier molecular flexibility index (Phi) is 5.49. The Morgan fingerprint density at radius 3 is 2.48 bits per heavy atom. The number of nitrogens with zero attached hydrogens (tertiary/aromatic N) is 4. The number of rotatable bonds is 4. The molecule has 0 bridgehead atoms. The SMILES string of the molecule is C/C(=N\OC(=O)c1ccccc1)c1cnn(-c2cc(C(F)(F)F)cc(C)n2)c1C. The molecule has 6 nitrogen and oxygen atoms in total. The van der Waals surface area contributed by atoms with Crippen LogP contribution >= 0.6 is 0 Å². The Bertz CT molecular complexity index is 1070. The van der Waals surface area contributed by atoms with Crippen molar-refractivity contribution in [1.82, 2.24) is 14.8 Å². The van der Waals surface area contributed by atoms with Gasteiger partial charge in [-0.3, -0.25) is 0 Å². The van der Waals surface area contributed by atoms with E-state index >= 15 is 0 Å². The van der Waals surface area contributed by atoms with E-state index in [1.165, 1.54) is 17.8 Å². The molecule has 0 spiro atoms. The molecule has 0 fully saturated rings. The number of carbonyl (C=O) groups excluding carboxylic acids is 1. The molecule has 3 rings (SSSR count). The fourth-order valence-electron chi connectivity index (χ4n) is 2.71. The molecular weight excluding hydrogens is 385 g/mol. The van der Waals surface area contributed by atoms with Gasteiger partial charge in [-0.2, -0.15) is 18.3 Å². The first kappa shape index (κ1) is 20.2. The van der Waals surface area contributed by atoms with Gasteiger partial charge in [0.1, 0.15) is 0 Å². The van der Waals surface area contributed by atoms with E-state index in [1.807, 2.05) is 0 Å². The Balaban J connectivity index is 1.88. The van der Waals surface area contributed by atoms with Gasteiger partial charge in [0.25, 0.3) is 0 Å². The molecule has 0 saturated heterocycles. The van der Waals surface area contributed by atoms with Crippen LogP contribution in [-0.4, -0.2) is 26.4 Å². The second kappa shape index (κ2) is 7.86. The van der Waals surface area contributed by atoms with E-state index in [1.54, 1.807) is 44.2 Å². The van der Waals surface area contributed by atoms with Crippen molar-refractivity contribution in [3.8, 4) is 5.82 Å². The van der Waals surface area contributed by atoms with Gasteiger partial charge >= 0.3 is 12.1 Å². The maximum absolute atomic E-state index is 13.1.